The fourth-order valence-electron chi connectivity index (χ4n) is 6.07. The van der Waals surface area contributed by atoms with Crippen molar-refractivity contribution in [3.8, 4) is 16.8 Å². The van der Waals surface area contributed by atoms with Crippen LogP contribution in [0.25, 0.3) is 55.5 Å². The molecule has 198 valence electrons. The lowest BCUT2D eigenvalue weighted by atomic mass is 9.88. The van der Waals surface area contributed by atoms with Gasteiger partial charge in [0, 0.05) is 22.0 Å². The monoisotopic (exact) mass is 538 g/mol. The SMILES string of the molecule is N=C1/C(=N\Nc2ccccc2)C=Cc2ccc3ccc(-c4cccc(-n5c6ccccc6c6ccccc65)c4)cc3c21. The first kappa shape index (κ1) is 24.1. The molecule has 0 spiro atoms. The Balaban J connectivity index is 1.23. The first-order chi connectivity index (χ1) is 20.7. The van der Waals surface area contributed by atoms with Crippen molar-refractivity contribution < 1.29 is 0 Å². The van der Waals surface area contributed by atoms with E-state index in [2.05, 4.69) is 118 Å². The molecule has 0 radical (unpaired) electrons. The van der Waals surface area contributed by atoms with Gasteiger partial charge < -0.3 is 4.57 Å². The van der Waals surface area contributed by atoms with Crippen molar-refractivity contribution in [2.24, 2.45) is 5.10 Å². The Morgan fingerprint density at radius 2 is 1.26 bits per heavy atom. The first-order valence-corrected chi connectivity index (χ1v) is 14.1. The molecule has 2 N–H and O–H groups in total. The number of allylic oxidation sites excluding steroid dienone is 1. The third-order valence-corrected chi connectivity index (χ3v) is 8.08. The van der Waals surface area contributed by atoms with Gasteiger partial charge in [0.25, 0.3) is 0 Å². The molecule has 0 saturated heterocycles. The number of fused-ring (bicyclic) bond motifs is 6. The largest absolute Gasteiger partial charge is 0.309 e. The topological polar surface area (TPSA) is 53.2 Å². The molecular formula is C38H26N4. The van der Waals surface area contributed by atoms with Gasteiger partial charge in [0.1, 0.15) is 5.71 Å². The molecule has 1 heterocycles. The molecule has 0 saturated carbocycles. The summed E-state index contributed by atoms with van der Waals surface area (Å²) < 4.78 is 2.35. The van der Waals surface area contributed by atoms with E-state index in [1.807, 2.05) is 42.5 Å². The Labute approximate surface area is 243 Å². The predicted molar refractivity (Wildman–Crippen MR) is 177 cm³/mol. The number of nitrogens with one attached hydrogen (secondary N) is 2. The maximum Gasteiger partial charge on any atom is 0.109 e. The van der Waals surface area contributed by atoms with Crippen molar-refractivity contribution in [2.45, 2.75) is 0 Å². The number of benzene rings is 6. The van der Waals surface area contributed by atoms with Crippen molar-refractivity contribution in [1.82, 2.24) is 4.57 Å². The molecule has 0 bridgehead atoms. The Kier molecular flexibility index (Phi) is 5.57. The van der Waals surface area contributed by atoms with E-state index in [0.717, 1.165) is 44.4 Å². The molecular weight excluding hydrogens is 512 g/mol. The molecule has 0 atom stereocenters. The zero-order chi connectivity index (χ0) is 28.0. The molecule has 1 aliphatic carbocycles. The van der Waals surface area contributed by atoms with Crippen LogP contribution in [0, 0.1) is 5.41 Å². The number of para-hydroxylation sites is 3. The lowest BCUT2D eigenvalue weighted by molar-refractivity contribution is 1.18. The number of hydrazone groups is 1. The molecule has 4 heteroatoms. The molecule has 8 rings (SSSR count). The summed E-state index contributed by atoms with van der Waals surface area (Å²) in [6, 6.07) is 46.5. The van der Waals surface area contributed by atoms with Gasteiger partial charge in [-0.1, -0.05) is 97.1 Å². The highest BCUT2D eigenvalue weighted by Crippen LogP contribution is 2.35. The maximum atomic E-state index is 9.11. The molecule has 4 nitrogen and oxygen atoms in total. The molecule has 0 aliphatic heterocycles. The Bertz CT molecular complexity index is 2180. The lowest BCUT2D eigenvalue weighted by Gasteiger charge is -2.17. The molecule has 6 aromatic carbocycles. The van der Waals surface area contributed by atoms with Gasteiger partial charge >= 0.3 is 0 Å². The van der Waals surface area contributed by atoms with Gasteiger partial charge in [-0.25, -0.2) is 0 Å². The summed E-state index contributed by atoms with van der Waals surface area (Å²) in [7, 11) is 0. The van der Waals surface area contributed by atoms with Crippen LogP contribution in [0.15, 0.2) is 145 Å². The number of nitrogens with zero attached hydrogens (tertiary/aromatic N) is 2. The molecule has 1 aliphatic rings. The highest BCUT2D eigenvalue weighted by atomic mass is 15.3. The van der Waals surface area contributed by atoms with E-state index in [9.17, 15) is 0 Å². The highest BCUT2D eigenvalue weighted by Gasteiger charge is 2.20. The smallest absolute Gasteiger partial charge is 0.109 e. The van der Waals surface area contributed by atoms with Crippen molar-refractivity contribution >= 4 is 55.8 Å². The van der Waals surface area contributed by atoms with Crippen LogP contribution < -0.4 is 5.43 Å². The van der Waals surface area contributed by atoms with E-state index in [1.165, 1.54) is 21.8 Å². The average Bonchev–Trinajstić information content (AvgIpc) is 3.39. The fraction of sp³-hybridized carbons (Fsp3) is 0. The van der Waals surface area contributed by atoms with Crippen LogP contribution in [0.5, 0.6) is 0 Å². The van der Waals surface area contributed by atoms with Crippen LogP contribution in [0.3, 0.4) is 0 Å². The van der Waals surface area contributed by atoms with E-state index in [1.54, 1.807) is 0 Å². The van der Waals surface area contributed by atoms with Crippen molar-refractivity contribution in [3.05, 3.63) is 151 Å². The Morgan fingerprint density at radius 3 is 2.05 bits per heavy atom. The Morgan fingerprint density at radius 1 is 0.571 bits per heavy atom. The van der Waals surface area contributed by atoms with Crippen molar-refractivity contribution in [1.29, 1.82) is 5.41 Å². The molecule has 0 fully saturated rings. The van der Waals surface area contributed by atoms with Crippen LogP contribution in [-0.2, 0) is 0 Å². The van der Waals surface area contributed by atoms with E-state index < -0.39 is 0 Å². The summed E-state index contributed by atoms with van der Waals surface area (Å²) in [6.07, 6.45) is 3.96. The average molecular weight is 539 g/mol. The summed E-state index contributed by atoms with van der Waals surface area (Å²) in [4.78, 5) is 0. The zero-order valence-electron chi connectivity index (χ0n) is 22.8. The van der Waals surface area contributed by atoms with Crippen molar-refractivity contribution in [2.75, 3.05) is 5.43 Å². The van der Waals surface area contributed by atoms with E-state index in [0.29, 0.717) is 11.4 Å². The Hall–Kier alpha value is -5.74. The molecule has 1 aromatic heterocycles. The minimum Gasteiger partial charge on any atom is -0.309 e. The second kappa shape index (κ2) is 9.72. The molecule has 0 unspecified atom stereocenters. The maximum absolute atomic E-state index is 9.11. The summed E-state index contributed by atoms with van der Waals surface area (Å²) in [6.45, 7) is 0. The number of hydrogen-bond acceptors (Lipinski definition) is 3. The summed E-state index contributed by atoms with van der Waals surface area (Å²) in [5.41, 5.74) is 12.7. The second-order valence-corrected chi connectivity index (χ2v) is 10.6. The van der Waals surface area contributed by atoms with Crippen LogP contribution >= 0.6 is 0 Å². The van der Waals surface area contributed by atoms with Crippen LogP contribution in [0.2, 0.25) is 0 Å². The van der Waals surface area contributed by atoms with Gasteiger partial charge in [0.2, 0.25) is 0 Å². The van der Waals surface area contributed by atoms with E-state index in [4.69, 9.17) is 5.41 Å². The van der Waals surface area contributed by atoms with Gasteiger partial charge in [-0.2, -0.15) is 5.10 Å². The minimum absolute atomic E-state index is 0.415. The zero-order valence-corrected chi connectivity index (χ0v) is 22.8. The summed E-state index contributed by atoms with van der Waals surface area (Å²) in [5, 5.41) is 18.3. The standard InChI is InChI=1S/C38H26N4/c39-38-34(41-40-29-10-2-1-3-11-29)22-21-26-19-17-25-18-20-28(24-33(25)37(26)38)27-9-8-12-30(23-27)42-35-15-6-4-13-31(35)32-14-5-7-16-36(32)42/h1-24,39-40H/b39-38?,41-34-. The summed E-state index contributed by atoms with van der Waals surface area (Å²) in [5.74, 6) is 0. The van der Waals surface area contributed by atoms with E-state index in [-0.39, 0.29) is 0 Å². The van der Waals surface area contributed by atoms with Gasteiger partial charge in [-0.15, -0.1) is 0 Å². The quantitative estimate of drug-likeness (QED) is 0.215. The van der Waals surface area contributed by atoms with Gasteiger partial charge in [0.05, 0.1) is 22.4 Å². The second-order valence-electron chi connectivity index (χ2n) is 10.6. The first-order valence-electron chi connectivity index (χ1n) is 14.1. The molecule has 7 aromatic rings. The predicted octanol–water partition coefficient (Wildman–Crippen LogP) is 9.47. The highest BCUT2D eigenvalue weighted by molar-refractivity contribution is 6.55. The molecule has 42 heavy (non-hydrogen) atoms. The van der Waals surface area contributed by atoms with Gasteiger partial charge in [0.15, 0.2) is 0 Å². The summed E-state index contributed by atoms with van der Waals surface area (Å²) >= 11 is 0. The van der Waals surface area contributed by atoms with Gasteiger partial charge in [-0.3, -0.25) is 10.8 Å². The normalized spacial score (nSPS) is 13.7. The van der Waals surface area contributed by atoms with Crippen molar-refractivity contribution in [3.63, 3.8) is 0 Å². The van der Waals surface area contributed by atoms with E-state index >= 15 is 0 Å². The lowest BCUT2D eigenvalue weighted by Crippen LogP contribution is -2.18. The third kappa shape index (κ3) is 3.93. The number of rotatable bonds is 4. The number of hydrogen-bond donors (Lipinski definition) is 2. The molecule has 0 amide bonds. The number of anilines is 1. The minimum atomic E-state index is 0.415. The van der Waals surface area contributed by atoms with Crippen LogP contribution in [0.4, 0.5) is 5.69 Å². The van der Waals surface area contributed by atoms with Gasteiger partial charge in [-0.05, 0) is 76.0 Å². The van der Waals surface area contributed by atoms with Crippen LogP contribution in [0.1, 0.15) is 11.1 Å². The number of aromatic nitrogens is 1. The fourth-order valence-corrected chi connectivity index (χ4v) is 6.07. The van der Waals surface area contributed by atoms with Crippen LogP contribution in [-0.4, -0.2) is 16.0 Å². The third-order valence-electron chi connectivity index (χ3n) is 8.08.